The van der Waals surface area contributed by atoms with Gasteiger partial charge in [-0.05, 0) is 25.0 Å². The van der Waals surface area contributed by atoms with Crippen molar-refractivity contribution >= 4 is 5.91 Å². The van der Waals surface area contributed by atoms with Crippen molar-refractivity contribution in [1.29, 1.82) is 0 Å². The number of phenols is 1. The summed E-state index contributed by atoms with van der Waals surface area (Å²) >= 11 is 0. The van der Waals surface area contributed by atoms with Crippen LogP contribution < -0.4 is 0 Å². The van der Waals surface area contributed by atoms with Gasteiger partial charge in [-0.15, -0.1) is 0 Å². The Bertz CT molecular complexity index is 494. The van der Waals surface area contributed by atoms with Crippen molar-refractivity contribution in [3.05, 3.63) is 29.6 Å². The lowest BCUT2D eigenvalue weighted by Gasteiger charge is -2.28. The molecule has 0 unspecified atom stereocenters. The van der Waals surface area contributed by atoms with E-state index in [0.29, 0.717) is 12.8 Å². The van der Waals surface area contributed by atoms with Gasteiger partial charge in [0.05, 0.1) is 17.7 Å². The van der Waals surface area contributed by atoms with Crippen LogP contribution in [0.15, 0.2) is 18.2 Å². The molecule has 1 amide bonds. The van der Waals surface area contributed by atoms with E-state index in [4.69, 9.17) is 0 Å². The molecule has 3 N–H and O–H groups in total. The van der Waals surface area contributed by atoms with Gasteiger partial charge in [-0.2, -0.15) is 0 Å². The minimum atomic E-state index is -1.02. The molecule has 0 saturated heterocycles. The van der Waals surface area contributed by atoms with Crippen molar-refractivity contribution in [1.82, 2.24) is 4.90 Å². The highest BCUT2D eigenvalue weighted by atomic mass is 19.1. The van der Waals surface area contributed by atoms with Gasteiger partial charge >= 0.3 is 0 Å². The van der Waals surface area contributed by atoms with Crippen molar-refractivity contribution in [3.8, 4) is 5.75 Å². The van der Waals surface area contributed by atoms with E-state index >= 15 is 0 Å². The summed E-state index contributed by atoms with van der Waals surface area (Å²) in [5.74, 6) is -2.16. The Balaban J connectivity index is 2.22. The van der Waals surface area contributed by atoms with Crippen LogP contribution >= 0.6 is 0 Å². The number of hydrogen-bond acceptors (Lipinski definition) is 4. The van der Waals surface area contributed by atoms with Gasteiger partial charge in [0.1, 0.15) is 6.10 Å². The normalized spacial score (nSPS) is 26.4. The first-order chi connectivity index (χ1) is 8.93. The maximum atomic E-state index is 13.2. The smallest absolute Gasteiger partial charge is 0.257 e. The number of carbonyl (C=O) groups is 1. The number of para-hydroxylation sites is 1. The molecule has 2 rings (SSSR count). The zero-order chi connectivity index (χ0) is 14.2. The molecule has 1 saturated carbocycles. The molecule has 19 heavy (non-hydrogen) atoms. The van der Waals surface area contributed by atoms with E-state index < -0.39 is 35.7 Å². The predicted octanol–water partition coefficient (Wildman–Crippen LogP) is 0.487. The van der Waals surface area contributed by atoms with Crippen molar-refractivity contribution in [2.75, 3.05) is 7.05 Å². The highest BCUT2D eigenvalue weighted by Crippen LogP contribution is 2.27. The second-order valence-electron chi connectivity index (χ2n) is 4.75. The molecular weight excluding hydrogens is 253 g/mol. The van der Waals surface area contributed by atoms with Gasteiger partial charge in [0.25, 0.3) is 5.91 Å². The number of benzene rings is 1. The molecule has 0 bridgehead atoms. The monoisotopic (exact) mass is 269 g/mol. The summed E-state index contributed by atoms with van der Waals surface area (Å²) < 4.78 is 13.2. The molecule has 5 nitrogen and oxygen atoms in total. The largest absolute Gasteiger partial charge is 0.504 e. The zero-order valence-electron chi connectivity index (χ0n) is 10.5. The van der Waals surface area contributed by atoms with Crippen molar-refractivity contribution in [3.63, 3.8) is 0 Å². The number of aliphatic hydroxyl groups excluding tert-OH is 2. The second-order valence-corrected chi connectivity index (χ2v) is 4.75. The number of likely N-dealkylation sites (N-methyl/N-ethyl adjacent to an activating group) is 1. The molecule has 0 aliphatic heterocycles. The fraction of sp³-hybridized carbons (Fsp3) is 0.462. The van der Waals surface area contributed by atoms with Gasteiger partial charge in [-0.1, -0.05) is 6.07 Å². The van der Waals surface area contributed by atoms with Crippen LogP contribution in [-0.4, -0.2) is 51.4 Å². The summed E-state index contributed by atoms with van der Waals surface area (Å²) in [5.41, 5.74) is -0.156. The average molecular weight is 269 g/mol. The maximum Gasteiger partial charge on any atom is 0.257 e. The fourth-order valence-corrected chi connectivity index (χ4v) is 2.39. The van der Waals surface area contributed by atoms with Gasteiger partial charge in [0.2, 0.25) is 0 Å². The first kappa shape index (κ1) is 13.8. The van der Waals surface area contributed by atoms with Gasteiger partial charge in [0, 0.05) is 7.05 Å². The number of rotatable bonds is 2. The maximum absolute atomic E-state index is 13.2. The standard InChI is InChI=1S/C13H16FNO4/c1-15(9-5-6-10(16)12(9)18)13(19)7-3-2-4-8(14)11(7)17/h2-4,9-10,12,16-18H,5-6H2,1H3/t9-,10-,12-/m1/s1. The summed E-state index contributed by atoms with van der Waals surface area (Å²) in [5, 5.41) is 28.8. The first-order valence-electron chi connectivity index (χ1n) is 6.04. The number of aromatic hydroxyl groups is 1. The molecule has 1 fully saturated rings. The molecule has 0 heterocycles. The van der Waals surface area contributed by atoms with Gasteiger partial charge < -0.3 is 20.2 Å². The van der Waals surface area contributed by atoms with Crippen LogP contribution in [0, 0.1) is 5.82 Å². The van der Waals surface area contributed by atoms with Crippen LogP contribution in [0.2, 0.25) is 0 Å². The molecule has 6 heteroatoms. The van der Waals surface area contributed by atoms with E-state index in [1.807, 2.05) is 0 Å². The first-order valence-corrected chi connectivity index (χ1v) is 6.04. The molecule has 1 aromatic rings. The lowest BCUT2D eigenvalue weighted by Crippen LogP contribution is -2.44. The van der Waals surface area contributed by atoms with E-state index in [0.717, 1.165) is 6.07 Å². The number of aliphatic hydroxyl groups is 2. The van der Waals surface area contributed by atoms with E-state index in [1.54, 1.807) is 0 Å². The number of nitrogens with zero attached hydrogens (tertiary/aromatic N) is 1. The van der Waals surface area contributed by atoms with Crippen molar-refractivity contribution in [2.24, 2.45) is 0 Å². The topological polar surface area (TPSA) is 81.0 Å². The molecule has 1 aromatic carbocycles. The lowest BCUT2D eigenvalue weighted by molar-refractivity contribution is 0.00649. The van der Waals surface area contributed by atoms with Gasteiger partial charge in [0.15, 0.2) is 11.6 Å². The Labute approximate surface area is 109 Å². The number of phenolic OH excluding ortho intramolecular Hbond substituents is 1. The van der Waals surface area contributed by atoms with Crippen LogP contribution in [-0.2, 0) is 0 Å². The number of hydrogen-bond donors (Lipinski definition) is 3. The fourth-order valence-electron chi connectivity index (χ4n) is 2.39. The number of carbonyl (C=O) groups excluding carboxylic acids is 1. The minimum absolute atomic E-state index is 0.156. The Hall–Kier alpha value is -1.66. The van der Waals surface area contributed by atoms with Crippen molar-refractivity contribution in [2.45, 2.75) is 31.1 Å². The molecule has 0 spiro atoms. The van der Waals surface area contributed by atoms with Gasteiger partial charge in [-0.25, -0.2) is 4.39 Å². The predicted molar refractivity (Wildman–Crippen MR) is 65.2 cm³/mol. The van der Waals surface area contributed by atoms with Crippen molar-refractivity contribution < 1.29 is 24.5 Å². The van der Waals surface area contributed by atoms with Crippen LogP contribution in [0.3, 0.4) is 0 Å². The lowest BCUT2D eigenvalue weighted by atomic mass is 10.1. The van der Waals surface area contributed by atoms with E-state index in [2.05, 4.69) is 0 Å². The summed E-state index contributed by atoms with van der Waals surface area (Å²) in [4.78, 5) is 13.4. The quantitative estimate of drug-likeness (QED) is 0.730. The van der Waals surface area contributed by atoms with Crippen LogP contribution in [0.25, 0.3) is 0 Å². The van der Waals surface area contributed by atoms with Crippen LogP contribution in [0.4, 0.5) is 4.39 Å². The third-order valence-corrected chi connectivity index (χ3v) is 3.58. The summed E-state index contributed by atoms with van der Waals surface area (Å²) in [6, 6.07) is 3.16. The molecule has 0 aromatic heterocycles. The molecule has 3 atom stereocenters. The second kappa shape index (κ2) is 5.14. The Kier molecular flexibility index (Phi) is 3.73. The van der Waals surface area contributed by atoms with Gasteiger partial charge in [-0.3, -0.25) is 4.79 Å². The summed E-state index contributed by atoms with van der Waals surface area (Å²) in [6.45, 7) is 0. The molecule has 1 aliphatic rings. The van der Waals surface area contributed by atoms with E-state index in [9.17, 15) is 24.5 Å². The number of amides is 1. The average Bonchev–Trinajstić information content (AvgIpc) is 2.72. The van der Waals surface area contributed by atoms with E-state index in [1.165, 1.54) is 24.1 Å². The molecule has 104 valence electrons. The Morgan fingerprint density at radius 2 is 2.05 bits per heavy atom. The van der Waals surface area contributed by atoms with E-state index in [-0.39, 0.29) is 5.56 Å². The minimum Gasteiger partial charge on any atom is -0.504 e. The number of halogens is 1. The third-order valence-electron chi connectivity index (χ3n) is 3.58. The highest BCUT2D eigenvalue weighted by molar-refractivity contribution is 5.97. The Morgan fingerprint density at radius 1 is 1.37 bits per heavy atom. The van der Waals surface area contributed by atoms with Crippen LogP contribution in [0.5, 0.6) is 5.75 Å². The molecule has 0 radical (unpaired) electrons. The summed E-state index contributed by atoms with van der Waals surface area (Å²) in [7, 11) is 1.46. The zero-order valence-corrected chi connectivity index (χ0v) is 10.5. The Morgan fingerprint density at radius 3 is 2.63 bits per heavy atom. The SMILES string of the molecule is CN(C(=O)c1cccc(F)c1O)[C@@H]1CC[C@@H](O)[C@@H]1O. The van der Waals surface area contributed by atoms with Crippen LogP contribution in [0.1, 0.15) is 23.2 Å². The third kappa shape index (κ3) is 2.41. The highest BCUT2D eigenvalue weighted by Gasteiger charge is 2.38. The molecule has 1 aliphatic carbocycles. The molecular formula is C13H16FNO4. The summed E-state index contributed by atoms with van der Waals surface area (Å²) in [6.07, 6.45) is -1.02.